The first-order valence-electron chi connectivity index (χ1n) is 5.83. The second kappa shape index (κ2) is 6.31. The van der Waals surface area contributed by atoms with Crippen molar-refractivity contribution in [2.24, 2.45) is 5.73 Å². The number of rotatable bonds is 5. The molecule has 2 rings (SSSR count). The van der Waals surface area contributed by atoms with Gasteiger partial charge in [-0.1, -0.05) is 12.1 Å². The van der Waals surface area contributed by atoms with Crippen LogP contribution in [0.1, 0.15) is 10.5 Å². The standard InChI is InChI=1S/C13H15N3O2S/c1-18-10-5-3-2-4-9(10)12-11(16-8-19-12)13(17)15-7-6-14/h2-5,8H,6-7,14H2,1H3,(H,15,17). The van der Waals surface area contributed by atoms with Gasteiger partial charge in [-0.25, -0.2) is 4.98 Å². The number of carbonyl (C=O) groups is 1. The SMILES string of the molecule is COc1ccccc1-c1scnc1C(=O)NCCN. The molecule has 0 spiro atoms. The number of carbonyl (C=O) groups excluding carboxylic acids is 1. The number of hydrogen-bond acceptors (Lipinski definition) is 5. The minimum absolute atomic E-state index is 0.215. The number of ether oxygens (including phenoxy) is 1. The third-order valence-corrected chi connectivity index (χ3v) is 3.42. The van der Waals surface area contributed by atoms with Gasteiger partial charge in [-0.15, -0.1) is 11.3 Å². The summed E-state index contributed by atoms with van der Waals surface area (Å²) in [5.74, 6) is 0.507. The van der Waals surface area contributed by atoms with Gasteiger partial charge in [0.05, 0.1) is 17.5 Å². The Morgan fingerprint density at radius 1 is 1.47 bits per heavy atom. The van der Waals surface area contributed by atoms with Crippen molar-refractivity contribution in [3.63, 3.8) is 0 Å². The van der Waals surface area contributed by atoms with Crippen molar-refractivity contribution < 1.29 is 9.53 Å². The molecule has 2 aromatic rings. The van der Waals surface area contributed by atoms with Gasteiger partial charge in [0.2, 0.25) is 0 Å². The molecule has 1 aromatic carbocycles. The van der Waals surface area contributed by atoms with E-state index in [0.29, 0.717) is 18.8 Å². The van der Waals surface area contributed by atoms with Crippen LogP contribution in [0.4, 0.5) is 0 Å². The summed E-state index contributed by atoms with van der Waals surface area (Å²) < 4.78 is 5.31. The molecule has 5 nitrogen and oxygen atoms in total. The molecule has 0 atom stereocenters. The summed E-state index contributed by atoms with van der Waals surface area (Å²) in [7, 11) is 1.61. The monoisotopic (exact) mass is 277 g/mol. The van der Waals surface area contributed by atoms with E-state index in [-0.39, 0.29) is 5.91 Å². The number of benzene rings is 1. The highest BCUT2D eigenvalue weighted by molar-refractivity contribution is 7.13. The van der Waals surface area contributed by atoms with E-state index in [1.807, 2.05) is 24.3 Å². The van der Waals surface area contributed by atoms with Crippen molar-refractivity contribution in [2.45, 2.75) is 0 Å². The van der Waals surface area contributed by atoms with Gasteiger partial charge >= 0.3 is 0 Å². The molecule has 0 fully saturated rings. The molecule has 0 radical (unpaired) electrons. The lowest BCUT2D eigenvalue weighted by molar-refractivity contribution is 0.0951. The maximum Gasteiger partial charge on any atom is 0.271 e. The molecule has 0 saturated heterocycles. The van der Waals surface area contributed by atoms with Gasteiger partial charge in [0, 0.05) is 18.7 Å². The van der Waals surface area contributed by atoms with Crippen LogP contribution >= 0.6 is 11.3 Å². The van der Waals surface area contributed by atoms with E-state index in [9.17, 15) is 4.79 Å². The number of aromatic nitrogens is 1. The molecule has 6 heteroatoms. The molecule has 1 heterocycles. The maximum atomic E-state index is 12.0. The van der Waals surface area contributed by atoms with Crippen LogP contribution in [0, 0.1) is 0 Å². The van der Waals surface area contributed by atoms with E-state index in [1.54, 1.807) is 12.6 Å². The van der Waals surface area contributed by atoms with Crippen molar-refractivity contribution in [3.05, 3.63) is 35.5 Å². The number of nitrogens with zero attached hydrogens (tertiary/aromatic N) is 1. The minimum atomic E-state index is -0.215. The largest absolute Gasteiger partial charge is 0.496 e. The van der Waals surface area contributed by atoms with Crippen LogP contribution in [-0.2, 0) is 0 Å². The van der Waals surface area contributed by atoms with E-state index in [2.05, 4.69) is 10.3 Å². The molecule has 1 aromatic heterocycles. The molecule has 3 N–H and O–H groups in total. The maximum absolute atomic E-state index is 12.0. The predicted molar refractivity (Wildman–Crippen MR) is 75.5 cm³/mol. The molecular weight excluding hydrogens is 262 g/mol. The van der Waals surface area contributed by atoms with Crippen molar-refractivity contribution in [1.29, 1.82) is 0 Å². The summed E-state index contributed by atoms with van der Waals surface area (Å²) in [5.41, 5.74) is 8.30. The van der Waals surface area contributed by atoms with Gasteiger partial charge in [0.1, 0.15) is 11.4 Å². The summed E-state index contributed by atoms with van der Waals surface area (Å²) >= 11 is 1.41. The average molecular weight is 277 g/mol. The molecule has 0 saturated carbocycles. The average Bonchev–Trinajstić information content (AvgIpc) is 2.94. The molecule has 0 bridgehead atoms. The van der Waals surface area contributed by atoms with E-state index < -0.39 is 0 Å². The number of thiazole rings is 1. The number of nitrogens with two attached hydrogens (primary N) is 1. The van der Waals surface area contributed by atoms with Crippen LogP contribution in [0.2, 0.25) is 0 Å². The van der Waals surface area contributed by atoms with E-state index in [4.69, 9.17) is 10.5 Å². The summed E-state index contributed by atoms with van der Waals surface area (Å²) in [6.45, 7) is 0.835. The highest BCUT2D eigenvalue weighted by Gasteiger charge is 2.18. The van der Waals surface area contributed by atoms with Crippen LogP contribution in [-0.4, -0.2) is 31.1 Å². The second-order valence-corrected chi connectivity index (χ2v) is 4.63. The fourth-order valence-electron chi connectivity index (χ4n) is 1.70. The van der Waals surface area contributed by atoms with Crippen LogP contribution in [0.25, 0.3) is 10.4 Å². The summed E-state index contributed by atoms with van der Waals surface area (Å²) in [6.07, 6.45) is 0. The van der Waals surface area contributed by atoms with Crippen LogP contribution in [0.15, 0.2) is 29.8 Å². The summed E-state index contributed by atoms with van der Waals surface area (Å²) in [5, 5.41) is 2.72. The van der Waals surface area contributed by atoms with Gasteiger partial charge in [-0.05, 0) is 12.1 Å². The molecule has 0 aliphatic rings. The fourth-order valence-corrected chi connectivity index (χ4v) is 2.52. The lowest BCUT2D eigenvalue weighted by atomic mass is 10.1. The smallest absolute Gasteiger partial charge is 0.271 e. The van der Waals surface area contributed by atoms with Gasteiger partial charge in [0.25, 0.3) is 5.91 Å². The second-order valence-electron chi connectivity index (χ2n) is 3.77. The van der Waals surface area contributed by atoms with Gasteiger partial charge in [-0.2, -0.15) is 0 Å². The number of nitrogens with one attached hydrogen (secondary N) is 1. The van der Waals surface area contributed by atoms with Crippen LogP contribution in [0.3, 0.4) is 0 Å². The normalized spacial score (nSPS) is 10.2. The minimum Gasteiger partial charge on any atom is -0.496 e. The molecule has 19 heavy (non-hydrogen) atoms. The van der Waals surface area contributed by atoms with Gasteiger partial charge in [0.15, 0.2) is 0 Å². The zero-order valence-electron chi connectivity index (χ0n) is 10.6. The number of para-hydroxylation sites is 1. The topological polar surface area (TPSA) is 77.2 Å². The Hall–Kier alpha value is -1.92. The lowest BCUT2D eigenvalue weighted by Crippen LogP contribution is -2.29. The molecule has 0 aliphatic carbocycles. The zero-order chi connectivity index (χ0) is 13.7. The first kappa shape index (κ1) is 13.5. The third-order valence-electron chi connectivity index (χ3n) is 2.56. The van der Waals surface area contributed by atoms with E-state index in [1.165, 1.54) is 11.3 Å². The Bertz CT molecular complexity index is 569. The van der Waals surface area contributed by atoms with Crippen molar-refractivity contribution in [2.75, 3.05) is 20.2 Å². The molecule has 1 amide bonds. The first-order valence-corrected chi connectivity index (χ1v) is 6.71. The van der Waals surface area contributed by atoms with E-state index in [0.717, 1.165) is 16.2 Å². The number of methoxy groups -OCH3 is 1. The highest BCUT2D eigenvalue weighted by atomic mass is 32.1. The molecule has 0 aliphatic heterocycles. The zero-order valence-corrected chi connectivity index (χ0v) is 11.4. The quantitative estimate of drug-likeness (QED) is 0.868. The highest BCUT2D eigenvalue weighted by Crippen LogP contribution is 2.34. The van der Waals surface area contributed by atoms with Gasteiger partial charge in [-0.3, -0.25) is 4.79 Å². The summed E-state index contributed by atoms with van der Waals surface area (Å²) in [6, 6.07) is 7.55. The number of amides is 1. The molecule has 100 valence electrons. The number of hydrogen-bond donors (Lipinski definition) is 2. The third kappa shape index (κ3) is 2.91. The summed E-state index contributed by atoms with van der Waals surface area (Å²) in [4.78, 5) is 16.9. The Balaban J connectivity index is 2.36. The molecular formula is C13H15N3O2S. The van der Waals surface area contributed by atoms with Crippen molar-refractivity contribution in [1.82, 2.24) is 10.3 Å². The lowest BCUT2D eigenvalue weighted by Gasteiger charge is -2.08. The molecule has 0 unspecified atom stereocenters. The Labute approximate surface area is 115 Å². The predicted octanol–water partition coefficient (Wildman–Crippen LogP) is 1.51. The van der Waals surface area contributed by atoms with Gasteiger partial charge < -0.3 is 15.8 Å². The van der Waals surface area contributed by atoms with E-state index >= 15 is 0 Å². The first-order chi connectivity index (χ1) is 9.27. The van der Waals surface area contributed by atoms with Crippen molar-refractivity contribution >= 4 is 17.2 Å². The van der Waals surface area contributed by atoms with Crippen LogP contribution < -0.4 is 15.8 Å². The Morgan fingerprint density at radius 2 is 2.26 bits per heavy atom. The Kier molecular flexibility index (Phi) is 4.48. The van der Waals surface area contributed by atoms with Crippen LogP contribution in [0.5, 0.6) is 5.75 Å². The Morgan fingerprint density at radius 3 is 3.00 bits per heavy atom. The fraction of sp³-hybridized carbons (Fsp3) is 0.231. The van der Waals surface area contributed by atoms with Crippen molar-refractivity contribution in [3.8, 4) is 16.2 Å².